The number of rotatable bonds is 3. The van der Waals surface area contributed by atoms with Crippen LogP contribution in [0.4, 0.5) is 16.0 Å². The molecule has 19 heavy (non-hydrogen) atoms. The number of aromatic nitrogens is 3. The van der Waals surface area contributed by atoms with Crippen LogP contribution in [0.2, 0.25) is 0 Å². The largest absolute Gasteiger partial charge is 0.382 e. The van der Waals surface area contributed by atoms with Crippen LogP contribution < -0.4 is 11.1 Å². The molecule has 3 N–H and O–H groups in total. The van der Waals surface area contributed by atoms with Crippen molar-refractivity contribution in [3.8, 4) is 0 Å². The fourth-order valence-electron chi connectivity index (χ4n) is 1.89. The van der Waals surface area contributed by atoms with E-state index in [0.717, 1.165) is 0 Å². The highest BCUT2D eigenvalue weighted by molar-refractivity contribution is 5.64. The Morgan fingerprint density at radius 3 is 3.00 bits per heavy atom. The van der Waals surface area contributed by atoms with E-state index >= 15 is 0 Å². The van der Waals surface area contributed by atoms with Gasteiger partial charge in [-0.1, -0.05) is 18.2 Å². The Kier molecular flexibility index (Phi) is 2.75. The van der Waals surface area contributed by atoms with Crippen molar-refractivity contribution >= 4 is 17.3 Å². The number of halogens is 1. The fraction of sp³-hybridized carbons (Fsp3) is 0.0769. The summed E-state index contributed by atoms with van der Waals surface area (Å²) in [7, 11) is 0. The Morgan fingerprint density at radius 1 is 1.32 bits per heavy atom. The van der Waals surface area contributed by atoms with Crippen LogP contribution >= 0.6 is 0 Å². The topological polar surface area (TPSA) is 68.2 Å². The molecular weight excluding hydrogens is 245 g/mol. The summed E-state index contributed by atoms with van der Waals surface area (Å²) < 4.78 is 15.3. The molecule has 0 saturated heterocycles. The molecule has 2 aromatic heterocycles. The summed E-state index contributed by atoms with van der Waals surface area (Å²) >= 11 is 0. The summed E-state index contributed by atoms with van der Waals surface area (Å²) in [5, 5.41) is 3.06. The first kappa shape index (κ1) is 11.5. The standard InChI is InChI=1S/C13H12FN5/c14-10-4-2-1-3-9(10)7-17-12-13-16-5-6-19(13)8-11(15)18-12/h1-6,8H,7,15H2,(H,17,18). The number of nitrogens with one attached hydrogen (secondary N) is 1. The summed E-state index contributed by atoms with van der Waals surface area (Å²) in [6, 6.07) is 6.59. The lowest BCUT2D eigenvalue weighted by Gasteiger charge is -2.08. The quantitative estimate of drug-likeness (QED) is 0.753. The maximum Gasteiger partial charge on any atom is 0.180 e. The van der Waals surface area contributed by atoms with Gasteiger partial charge in [-0.3, -0.25) is 0 Å². The van der Waals surface area contributed by atoms with Gasteiger partial charge in [-0.25, -0.2) is 14.4 Å². The molecule has 0 aliphatic heterocycles. The van der Waals surface area contributed by atoms with Crippen molar-refractivity contribution in [1.29, 1.82) is 0 Å². The molecule has 0 amide bonds. The van der Waals surface area contributed by atoms with Gasteiger partial charge in [-0.05, 0) is 6.07 Å². The number of imidazole rings is 1. The Bertz CT molecular complexity index is 722. The average molecular weight is 257 g/mol. The van der Waals surface area contributed by atoms with E-state index in [1.165, 1.54) is 6.07 Å². The van der Waals surface area contributed by atoms with Crippen molar-refractivity contribution in [3.63, 3.8) is 0 Å². The molecule has 0 saturated carbocycles. The highest BCUT2D eigenvalue weighted by atomic mass is 19.1. The molecule has 3 aromatic rings. The molecule has 0 radical (unpaired) electrons. The fourth-order valence-corrected chi connectivity index (χ4v) is 1.89. The predicted molar refractivity (Wildman–Crippen MR) is 71.1 cm³/mol. The molecule has 3 rings (SSSR count). The number of benzene rings is 1. The van der Waals surface area contributed by atoms with Crippen molar-refractivity contribution in [1.82, 2.24) is 14.4 Å². The average Bonchev–Trinajstić information content (AvgIpc) is 2.85. The number of anilines is 2. The zero-order chi connectivity index (χ0) is 13.2. The van der Waals surface area contributed by atoms with Crippen LogP contribution in [0.1, 0.15) is 5.56 Å². The highest BCUT2D eigenvalue weighted by Crippen LogP contribution is 2.16. The third-order valence-electron chi connectivity index (χ3n) is 2.80. The molecule has 0 aliphatic rings. The van der Waals surface area contributed by atoms with E-state index in [1.807, 2.05) is 0 Å². The molecule has 5 nitrogen and oxygen atoms in total. The van der Waals surface area contributed by atoms with E-state index in [1.54, 1.807) is 41.2 Å². The number of nitrogens with two attached hydrogens (primary N) is 1. The zero-order valence-corrected chi connectivity index (χ0v) is 10.0. The molecular formula is C13H12FN5. The lowest BCUT2D eigenvalue weighted by Crippen LogP contribution is -2.07. The molecule has 96 valence electrons. The third kappa shape index (κ3) is 2.20. The second-order valence-corrected chi connectivity index (χ2v) is 4.12. The van der Waals surface area contributed by atoms with E-state index < -0.39 is 0 Å². The van der Waals surface area contributed by atoms with Crippen LogP contribution in [0.15, 0.2) is 42.9 Å². The summed E-state index contributed by atoms with van der Waals surface area (Å²) in [6.45, 7) is 0.325. The second-order valence-electron chi connectivity index (χ2n) is 4.12. The van der Waals surface area contributed by atoms with Gasteiger partial charge in [0.05, 0.1) is 6.20 Å². The van der Waals surface area contributed by atoms with Gasteiger partial charge >= 0.3 is 0 Å². The van der Waals surface area contributed by atoms with Crippen LogP contribution in [0.5, 0.6) is 0 Å². The molecule has 0 atom stereocenters. The third-order valence-corrected chi connectivity index (χ3v) is 2.80. The van der Waals surface area contributed by atoms with E-state index in [9.17, 15) is 4.39 Å². The molecule has 0 spiro atoms. The van der Waals surface area contributed by atoms with Crippen molar-refractivity contribution in [3.05, 3.63) is 54.2 Å². The van der Waals surface area contributed by atoms with Crippen molar-refractivity contribution in [2.45, 2.75) is 6.54 Å². The summed E-state index contributed by atoms with van der Waals surface area (Å²) in [6.07, 6.45) is 5.11. The molecule has 0 bridgehead atoms. The van der Waals surface area contributed by atoms with Crippen LogP contribution in [-0.2, 0) is 6.54 Å². The summed E-state index contributed by atoms with van der Waals surface area (Å²) in [5.74, 6) is 0.660. The molecule has 1 aromatic carbocycles. The molecule has 0 fully saturated rings. The lowest BCUT2D eigenvalue weighted by atomic mass is 10.2. The van der Waals surface area contributed by atoms with Gasteiger partial charge in [-0.2, -0.15) is 0 Å². The first-order valence-electron chi connectivity index (χ1n) is 5.80. The highest BCUT2D eigenvalue weighted by Gasteiger charge is 2.07. The number of hydrogen-bond acceptors (Lipinski definition) is 4. The Balaban J connectivity index is 1.90. The normalized spacial score (nSPS) is 10.8. The maximum absolute atomic E-state index is 13.5. The monoisotopic (exact) mass is 257 g/mol. The molecule has 2 heterocycles. The van der Waals surface area contributed by atoms with Gasteiger partial charge in [-0.15, -0.1) is 0 Å². The van der Waals surface area contributed by atoms with Gasteiger partial charge in [0.25, 0.3) is 0 Å². The van der Waals surface area contributed by atoms with Gasteiger partial charge in [0, 0.05) is 24.5 Å². The summed E-state index contributed by atoms with van der Waals surface area (Å²) in [4.78, 5) is 8.36. The first-order valence-corrected chi connectivity index (χ1v) is 5.80. The van der Waals surface area contributed by atoms with E-state index in [0.29, 0.717) is 29.4 Å². The van der Waals surface area contributed by atoms with E-state index in [-0.39, 0.29) is 5.82 Å². The van der Waals surface area contributed by atoms with E-state index in [2.05, 4.69) is 15.3 Å². The van der Waals surface area contributed by atoms with E-state index in [4.69, 9.17) is 5.73 Å². The molecule has 6 heteroatoms. The second kappa shape index (κ2) is 4.56. The number of fused-ring (bicyclic) bond motifs is 1. The first-order chi connectivity index (χ1) is 9.24. The van der Waals surface area contributed by atoms with Gasteiger partial charge < -0.3 is 15.5 Å². The van der Waals surface area contributed by atoms with Crippen molar-refractivity contribution in [2.24, 2.45) is 0 Å². The van der Waals surface area contributed by atoms with Crippen LogP contribution in [-0.4, -0.2) is 14.4 Å². The number of nitrogen functional groups attached to an aromatic ring is 1. The minimum Gasteiger partial charge on any atom is -0.382 e. The number of hydrogen-bond donors (Lipinski definition) is 2. The lowest BCUT2D eigenvalue weighted by molar-refractivity contribution is 0.613. The van der Waals surface area contributed by atoms with Crippen LogP contribution in [0, 0.1) is 5.82 Å². The van der Waals surface area contributed by atoms with Gasteiger partial charge in [0.15, 0.2) is 11.5 Å². The zero-order valence-electron chi connectivity index (χ0n) is 10.0. The van der Waals surface area contributed by atoms with Gasteiger partial charge in [0.1, 0.15) is 11.6 Å². The van der Waals surface area contributed by atoms with Crippen LogP contribution in [0.3, 0.4) is 0 Å². The Morgan fingerprint density at radius 2 is 2.16 bits per heavy atom. The molecule has 0 aliphatic carbocycles. The number of nitrogens with zero attached hydrogens (tertiary/aromatic N) is 3. The SMILES string of the molecule is Nc1cn2ccnc2c(NCc2ccccc2F)n1. The summed E-state index contributed by atoms with van der Waals surface area (Å²) in [5.41, 5.74) is 6.93. The van der Waals surface area contributed by atoms with Crippen molar-refractivity contribution < 1.29 is 4.39 Å². The minimum atomic E-state index is -0.252. The minimum absolute atomic E-state index is 0.252. The van der Waals surface area contributed by atoms with Crippen LogP contribution in [0.25, 0.3) is 5.65 Å². The smallest absolute Gasteiger partial charge is 0.180 e. The van der Waals surface area contributed by atoms with Gasteiger partial charge in [0.2, 0.25) is 0 Å². The Labute approximate surface area is 108 Å². The Hall–Kier alpha value is -2.63. The predicted octanol–water partition coefficient (Wildman–Crippen LogP) is 2.06. The molecule has 0 unspecified atom stereocenters. The maximum atomic E-state index is 13.5. The van der Waals surface area contributed by atoms with Crippen molar-refractivity contribution in [2.75, 3.05) is 11.1 Å².